The zero-order valence-electron chi connectivity index (χ0n) is 16.7. The SMILES string of the molecule is COc1cccc(COc2cccc(Cl)c2CNC(C)c2nnc3n2CCC3)c1. The van der Waals surface area contributed by atoms with Crippen LogP contribution in [0.4, 0.5) is 0 Å². The Balaban J connectivity index is 1.44. The number of rotatable bonds is 8. The van der Waals surface area contributed by atoms with Crippen LogP contribution in [0, 0.1) is 0 Å². The first-order valence-electron chi connectivity index (χ1n) is 9.84. The summed E-state index contributed by atoms with van der Waals surface area (Å²) in [6.45, 7) is 4.11. The molecule has 7 heteroatoms. The van der Waals surface area contributed by atoms with Gasteiger partial charge in [-0.05, 0) is 43.2 Å². The van der Waals surface area contributed by atoms with Crippen molar-refractivity contribution in [1.29, 1.82) is 0 Å². The number of nitrogens with zero attached hydrogens (tertiary/aromatic N) is 3. The average molecular weight is 413 g/mol. The first-order valence-corrected chi connectivity index (χ1v) is 10.2. The molecule has 0 fully saturated rings. The van der Waals surface area contributed by atoms with Gasteiger partial charge in [-0.1, -0.05) is 29.8 Å². The van der Waals surface area contributed by atoms with Crippen LogP contribution in [0.25, 0.3) is 0 Å². The summed E-state index contributed by atoms with van der Waals surface area (Å²) in [6, 6.07) is 13.7. The first kappa shape index (κ1) is 19.7. The predicted octanol–water partition coefficient (Wildman–Crippen LogP) is 4.32. The lowest BCUT2D eigenvalue weighted by Gasteiger charge is -2.17. The Kier molecular flexibility index (Phi) is 6.02. The fourth-order valence-electron chi connectivity index (χ4n) is 3.61. The standard InChI is InChI=1S/C22H25ClN4O2/c1-15(22-26-25-21-10-5-11-27(21)22)24-13-18-19(23)8-4-9-20(18)29-14-16-6-3-7-17(12-16)28-2/h3-4,6-9,12,15,24H,5,10-11,13-14H2,1-2H3. The van der Waals surface area contributed by atoms with Crippen molar-refractivity contribution < 1.29 is 9.47 Å². The summed E-state index contributed by atoms with van der Waals surface area (Å²) in [5.74, 6) is 3.64. The Labute approximate surface area is 175 Å². The quantitative estimate of drug-likeness (QED) is 0.597. The zero-order valence-corrected chi connectivity index (χ0v) is 17.4. The van der Waals surface area contributed by atoms with E-state index >= 15 is 0 Å². The van der Waals surface area contributed by atoms with Gasteiger partial charge in [0.15, 0.2) is 0 Å². The summed E-state index contributed by atoms with van der Waals surface area (Å²) in [6.07, 6.45) is 2.14. The topological polar surface area (TPSA) is 61.2 Å². The molecule has 0 saturated heterocycles. The molecule has 0 aliphatic carbocycles. The highest BCUT2D eigenvalue weighted by atomic mass is 35.5. The van der Waals surface area contributed by atoms with Gasteiger partial charge >= 0.3 is 0 Å². The van der Waals surface area contributed by atoms with Crippen LogP contribution in [0.2, 0.25) is 5.02 Å². The van der Waals surface area contributed by atoms with Crippen LogP contribution in [-0.2, 0) is 26.1 Å². The van der Waals surface area contributed by atoms with Gasteiger partial charge in [0.1, 0.15) is 29.8 Å². The van der Waals surface area contributed by atoms with Gasteiger partial charge in [-0.25, -0.2) is 0 Å². The van der Waals surface area contributed by atoms with Crippen molar-refractivity contribution in [3.05, 3.63) is 70.3 Å². The van der Waals surface area contributed by atoms with E-state index in [9.17, 15) is 0 Å². The minimum absolute atomic E-state index is 0.0665. The molecule has 1 atom stereocenters. The van der Waals surface area contributed by atoms with Gasteiger partial charge in [0.05, 0.1) is 13.2 Å². The van der Waals surface area contributed by atoms with E-state index in [1.54, 1.807) is 7.11 Å². The number of benzene rings is 2. The Hall–Kier alpha value is -2.57. The van der Waals surface area contributed by atoms with Crippen molar-refractivity contribution in [2.24, 2.45) is 0 Å². The molecular formula is C22H25ClN4O2. The molecule has 2 heterocycles. The van der Waals surface area contributed by atoms with E-state index in [1.165, 1.54) is 0 Å². The van der Waals surface area contributed by atoms with Crippen LogP contribution in [0.15, 0.2) is 42.5 Å². The fourth-order valence-corrected chi connectivity index (χ4v) is 3.84. The second kappa shape index (κ2) is 8.84. The molecule has 6 nitrogen and oxygen atoms in total. The van der Waals surface area contributed by atoms with Crippen molar-refractivity contribution >= 4 is 11.6 Å². The van der Waals surface area contributed by atoms with Gasteiger partial charge in [-0.15, -0.1) is 10.2 Å². The molecule has 1 aromatic heterocycles. The van der Waals surface area contributed by atoms with Gasteiger partial charge < -0.3 is 19.4 Å². The van der Waals surface area contributed by atoms with Gasteiger partial charge in [0.2, 0.25) is 0 Å². The van der Waals surface area contributed by atoms with Crippen molar-refractivity contribution in [3.63, 3.8) is 0 Å². The molecule has 152 valence electrons. The maximum Gasteiger partial charge on any atom is 0.149 e. The molecule has 0 bridgehead atoms. The number of ether oxygens (including phenoxy) is 2. The van der Waals surface area contributed by atoms with Crippen LogP contribution in [0.3, 0.4) is 0 Å². The summed E-state index contributed by atoms with van der Waals surface area (Å²) in [5, 5.41) is 12.9. The fraction of sp³-hybridized carbons (Fsp3) is 0.364. The highest BCUT2D eigenvalue weighted by Gasteiger charge is 2.21. The van der Waals surface area contributed by atoms with Crippen molar-refractivity contribution in [2.75, 3.05) is 7.11 Å². The van der Waals surface area contributed by atoms with Gasteiger partial charge in [-0.3, -0.25) is 0 Å². The molecule has 3 aromatic rings. The third-order valence-electron chi connectivity index (χ3n) is 5.21. The Morgan fingerprint density at radius 2 is 2.07 bits per heavy atom. The molecule has 2 aromatic carbocycles. The molecule has 0 amide bonds. The smallest absolute Gasteiger partial charge is 0.149 e. The largest absolute Gasteiger partial charge is 0.497 e. The second-order valence-electron chi connectivity index (χ2n) is 7.19. The summed E-state index contributed by atoms with van der Waals surface area (Å²) < 4.78 is 13.6. The highest BCUT2D eigenvalue weighted by molar-refractivity contribution is 6.31. The van der Waals surface area contributed by atoms with Crippen LogP contribution in [0.1, 0.15) is 42.2 Å². The van der Waals surface area contributed by atoms with E-state index in [-0.39, 0.29) is 6.04 Å². The first-order chi connectivity index (χ1) is 14.2. The van der Waals surface area contributed by atoms with Crippen LogP contribution in [-0.4, -0.2) is 21.9 Å². The van der Waals surface area contributed by atoms with E-state index in [0.29, 0.717) is 18.2 Å². The molecule has 1 N–H and O–H groups in total. The normalized spacial score (nSPS) is 13.9. The molecule has 1 aliphatic rings. The average Bonchev–Trinajstić information content (AvgIpc) is 3.35. The number of fused-ring (bicyclic) bond motifs is 1. The van der Waals surface area contributed by atoms with Gasteiger partial charge in [-0.2, -0.15) is 0 Å². The van der Waals surface area contributed by atoms with Crippen LogP contribution < -0.4 is 14.8 Å². The molecule has 29 heavy (non-hydrogen) atoms. The molecule has 4 rings (SSSR count). The van der Waals surface area contributed by atoms with Gasteiger partial charge in [0, 0.05) is 30.1 Å². The minimum atomic E-state index is 0.0665. The Bertz CT molecular complexity index is 989. The molecule has 1 aliphatic heterocycles. The highest BCUT2D eigenvalue weighted by Crippen LogP contribution is 2.28. The number of methoxy groups -OCH3 is 1. The number of hydrogen-bond acceptors (Lipinski definition) is 5. The van der Waals surface area contributed by atoms with E-state index < -0.39 is 0 Å². The number of aryl methyl sites for hydroxylation is 1. The Morgan fingerprint density at radius 1 is 1.21 bits per heavy atom. The van der Waals surface area contributed by atoms with E-state index in [4.69, 9.17) is 21.1 Å². The Morgan fingerprint density at radius 3 is 2.93 bits per heavy atom. The second-order valence-corrected chi connectivity index (χ2v) is 7.60. The lowest BCUT2D eigenvalue weighted by Crippen LogP contribution is -2.22. The molecule has 0 saturated carbocycles. The third-order valence-corrected chi connectivity index (χ3v) is 5.57. The number of aromatic nitrogens is 3. The molecule has 0 radical (unpaired) electrons. The number of halogens is 1. The van der Waals surface area contributed by atoms with Crippen molar-refractivity contribution in [1.82, 2.24) is 20.1 Å². The molecule has 0 spiro atoms. The van der Waals surface area contributed by atoms with Crippen molar-refractivity contribution in [3.8, 4) is 11.5 Å². The lowest BCUT2D eigenvalue weighted by atomic mass is 10.1. The maximum atomic E-state index is 6.49. The summed E-state index contributed by atoms with van der Waals surface area (Å²) in [4.78, 5) is 0. The van der Waals surface area contributed by atoms with Crippen LogP contribution >= 0.6 is 11.6 Å². The van der Waals surface area contributed by atoms with Crippen LogP contribution in [0.5, 0.6) is 11.5 Å². The van der Waals surface area contributed by atoms with Crippen molar-refractivity contribution in [2.45, 2.75) is 45.5 Å². The minimum Gasteiger partial charge on any atom is -0.497 e. The summed E-state index contributed by atoms with van der Waals surface area (Å²) >= 11 is 6.49. The third kappa shape index (κ3) is 4.38. The van der Waals surface area contributed by atoms with E-state index in [2.05, 4.69) is 27.0 Å². The van der Waals surface area contributed by atoms with E-state index in [0.717, 1.165) is 53.7 Å². The zero-order chi connectivity index (χ0) is 20.2. The van der Waals surface area contributed by atoms with Gasteiger partial charge in [0.25, 0.3) is 0 Å². The molecule has 1 unspecified atom stereocenters. The predicted molar refractivity (Wildman–Crippen MR) is 112 cm³/mol. The van der Waals surface area contributed by atoms with E-state index in [1.807, 2.05) is 42.5 Å². The number of hydrogen-bond donors (Lipinski definition) is 1. The summed E-state index contributed by atoms with van der Waals surface area (Å²) in [5.41, 5.74) is 1.97. The maximum absolute atomic E-state index is 6.49. The monoisotopic (exact) mass is 412 g/mol. The molecular weight excluding hydrogens is 388 g/mol. The number of nitrogens with one attached hydrogen (secondary N) is 1. The lowest BCUT2D eigenvalue weighted by molar-refractivity contribution is 0.300. The summed E-state index contributed by atoms with van der Waals surface area (Å²) in [7, 11) is 1.66.